The maximum absolute atomic E-state index is 12.4. The molecule has 0 amide bonds. The monoisotopic (exact) mass is 266 g/mol. The zero-order valence-electron chi connectivity index (χ0n) is 11.1. The lowest BCUT2D eigenvalue weighted by Crippen LogP contribution is -2.21. The summed E-state index contributed by atoms with van der Waals surface area (Å²) in [5, 5.41) is 3.61. The van der Waals surface area contributed by atoms with Crippen LogP contribution in [0.1, 0.15) is 5.69 Å². The molecule has 0 fully saturated rings. The van der Waals surface area contributed by atoms with Crippen LogP contribution in [0.3, 0.4) is 0 Å². The molecule has 100 valence electrons. The average Bonchev–Trinajstić information content (AvgIpc) is 2.50. The number of pyridine rings is 1. The molecule has 0 unspecified atom stereocenters. The van der Waals surface area contributed by atoms with E-state index in [0.29, 0.717) is 17.4 Å². The van der Waals surface area contributed by atoms with Gasteiger partial charge in [0, 0.05) is 7.05 Å². The third kappa shape index (κ3) is 2.25. The standard InChI is InChI=1S/C15H14N4O/c1-16-14-8-4-5-11(18-14)9-19-10-17-13-7-3-2-6-12(13)15(19)20/h2-8,10H,9H2,1H3,(H,16,18). The summed E-state index contributed by atoms with van der Waals surface area (Å²) in [4.78, 5) is 21.1. The Balaban J connectivity index is 2.02. The van der Waals surface area contributed by atoms with E-state index in [9.17, 15) is 4.79 Å². The Kier molecular flexibility index (Phi) is 3.16. The van der Waals surface area contributed by atoms with Gasteiger partial charge in [0.25, 0.3) is 5.56 Å². The highest BCUT2D eigenvalue weighted by atomic mass is 16.1. The summed E-state index contributed by atoms with van der Waals surface area (Å²) in [5.74, 6) is 0.782. The number of fused-ring (bicyclic) bond motifs is 1. The summed E-state index contributed by atoms with van der Waals surface area (Å²) in [6.07, 6.45) is 1.57. The van der Waals surface area contributed by atoms with E-state index in [4.69, 9.17) is 0 Å². The van der Waals surface area contributed by atoms with E-state index in [1.165, 1.54) is 0 Å². The lowest BCUT2D eigenvalue weighted by Gasteiger charge is -2.07. The van der Waals surface area contributed by atoms with Gasteiger partial charge in [0.15, 0.2) is 0 Å². The average molecular weight is 266 g/mol. The van der Waals surface area contributed by atoms with Crippen LogP contribution in [0, 0.1) is 0 Å². The van der Waals surface area contributed by atoms with Crippen molar-refractivity contribution in [3.05, 3.63) is 64.8 Å². The summed E-state index contributed by atoms with van der Waals surface area (Å²) < 4.78 is 1.57. The molecule has 0 atom stereocenters. The van der Waals surface area contributed by atoms with Crippen LogP contribution in [-0.2, 0) is 6.54 Å². The minimum Gasteiger partial charge on any atom is -0.373 e. The highest BCUT2D eigenvalue weighted by Crippen LogP contribution is 2.07. The molecule has 1 aromatic carbocycles. The van der Waals surface area contributed by atoms with E-state index in [1.807, 2.05) is 43.4 Å². The van der Waals surface area contributed by atoms with Crippen molar-refractivity contribution < 1.29 is 0 Å². The lowest BCUT2D eigenvalue weighted by atomic mass is 10.2. The van der Waals surface area contributed by atoms with Crippen LogP contribution >= 0.6 is 0 Å². The summed E-state index contributed by atoms with van der Waals surface area (Å²) in [6.45, 7) is 0.409. The van der Waals surface area contributed by atoms with Crippen LogP contribution in [0.5, 0.6) is 0 Å². The van der Waals surface area contributed by atoms with Gasteiger partial charge in [-0.05, 0) is 24.3 Å². The number of hydrogen-bond donors (Lipinski definition) is 1. The van der Waals surface area contributed by atoms with E-state index in [0.717, 1.165) is 11.5 Å². The summed E-state index contributed by atoms with van der Waals surface area (Å²) in [6, 6.07) is 13.0. The molecule has 20 heavy (non-hydrogen) atoms. The maximum atomic E-state index is 12.4. The van der Waals surface area contributed by atoms with Crippen LogP contribution in [0.15, 0.2) is 53.6 Å². The molecule has 0 aliphatic rings. The highest BCUT2D eigenvalue weighted by molar-refractivity contribution is 5.76. The SMILES string of the molecule is CNc1cccc(Cn2cnc3ccccc3c2=O)n1. The van der Waals surface area contributed by atoms with Crippen molar-refractivity contribution in [2.24, 2.45) is 0 Å². The van der Waals surface area contributed by atoms with Crippen molar-refractivity contribution in [2.45, 2.75) is 6.54 Å². The van der Waals surface area contributed by atoms with Gasteiger partial charge in [-0.3, -0.25) is 9.36 Å². The van der Waals surface area contributed by atoms with E-state index in [2.05, 4.69) is 15.3 Å². The number of anilines is 1. The quantitative estimate of drug-likeness (QED) is 0.786. The van der Waals surface area contributed by atoms with Gasteiger partial charge in [0.1, 0.15) is 5.82 Å². The molecule has 0 saturated carbocycles. The Hall–Kier alpha value is -2.69. The summed E-state index contributed by atoms with van der Waals surface area (Å²) >= 11 is 0. The first kappa shape index (κ1) is 12.3. The predicted molar refractivity (Wildman–Crippen MR) is 78.9 cm³/mol. The number of benzene rings is 1. The number of hydrogen-bond acceptors (Lipinski definition) is 4. The normalized spacial score (nSPS) is 10.7. The molecule has 0 bridgehead atoms. The summed E-state index contributed by atoms with van der Waals surface area (Å²) in [5.41, 5.74) is 1.48. The van der Waals surface area contributed by atoms with Gasteiger partial charge < -0.3 is 5.32 Å². The zero-order chi connectivity index (χ0) is 13.9. The summed E-state index contributed by atoms with van der Waals surface area (Å²) in [7, 11) is 1.82. The molecular formula is C15H14N4O. The number of aromatic nitrogens is 3. The van der Waals surface area contributed by atoms with Crippen molar-refractivity contribution >= 4 is 16.7 Å². The molecule has 2 aromatic heterocycles. The molecule has 3 aromatic rings. The predicted octanol–water partition coefficient (Wildman–Crippen LogP) is 1.88. The van der Waals surface area contributed by atoms with Crippen molar-refractivity contribution in [3.63, 3.8) is 0 Å². The first-order chi connectivity index (χ1) is 9.78. The second kappa shape index (κ2) is 5.13. The number of rotatable bonds is 3. The van der Waals surface area contributed by atoms with Crippen LogP contribution < -0.4 is 10.9 Å². The van der Waals surface area contributed by atoms with Gasteiger partial charge in [0.05, 0.1) is 29.5 Å². The third-order valence-corrected chi connectivity index (χ3v) is 3.13. The molecular weight excluding hydrogens is 252 g/mol. The Morgan fingerprint density at radius 3 is 2.85 bits per heavy atom. The number of nitrogens with one attached hydrogen (secondary N) is 1. The molecule has 0 aliphatic carbocycles. The van der Waals surface area contributed by atoms with Crippen molar-refractivity contribution in [1.29, 1.82) is 0 Å². The number of nitrogens with zero attached hydrogens (tertiary/aromatic N) is 3. The van der Waals surface area contributed by atoms with Gasteiger partial charge in [-0.15, -0.1) is 0 Å². The Morgan fingerprint density at radius 2 is 2.00 bits per heavy atom. The first-order valence-electron chi connectivity index (χ1n) is 6.36. The third-order valence-electron chi connectivity index (χ3n) is 3.13. The topological polar surface area (TPSA) is 59.8 Å². The number of para-hydroxylation sites is 1. The van der Waals surface area contributed by atoms with E-state index < -0.39 is 0 Å². The molecule has 0 saturated heterocycles. The first-order valence-corrected chi connectivity index (χ1v) is 6.36. The van der Waals surface area contributed by atoms with Crippen molar-refractivity contribution in [2.75, 3.05) is 12.4 Å². The van der Waals surface area contributed by atoms with Gasteiger partial charge in [-0.1, -0.05) is 18.2 Å². The molecule has 0 spiro atoms. The van der Waals surface area contributed by atoms with Gasteiger partial charge in [-0.2, -0.15) is 0 Å². The van der Waals surface area contributed by atoms with Crippen LogP contribution in [-0.4, -0.2) is 21.6 Å². The second-order valence-electron chi connectivity index (χ2n) is 4.46. The molecule has 0 aliphatic heterocycles. The minimum atomic E-state index is -0.0488. The van der Waals surface area contributed by atoms with E-state index in [1.54, 1.807) is 17.0 Å². The second-order valence-corrected chi connectivity index (χ2v) is 4.46. The van der Waals surface area contributed by atoms with Gasteiger partial charge in [0.2, 0.25) is 0 Å². The van der Waals surface area contributed by atoms with Gasteiger partial charge >= 0.3 is 0 Å². The molecule has 5 nitrogen and oxygen atoms in total. The van der Waals surface area contributed by atoms with Crippen LogP contribution in [0.4, 0.5) is 5.82 Å². The lowest BCUT2D eigenvalue weighted by molar-refractivity contribution is 0.730. The molecule has 5 heteroatoms. The fraction of sp³-hybridized carbons (Fsp3) is 0.133. The van der Waals surface area contributed by atoms with Crippen LogP contribution in [0.2, 0.25) is 0 Å². The maximum Gasteiger partial charge on any atom is 0.261 e. The highest BCUT2D eigenvalue weighted by Gasteiger charge is 2.05. The van der Waals surface area contributed by atoms with Crippen LogP contribution in [0.25, 0.3) is 10.9 Å². The van der Waals surface area contributed by atoms with Crippen molar-refractivity contribution in [3.8, 4) is 0 Å². The molecule has 3 rings (SSSR count). The van der Waals surface area contributed by atoms with E-state index in [-0.39, 0.29) is 5.56 Å². The Labute approximate surface area is 115 Å². The Morgan fingerprint density at radius 1 is 1.15 bits per heavy atom. The smallest absolute Gasteiger partial charge is 0.261 e. The van der Waals surface area contributed by atoms with E-state index >= 15 is 0 Å². The molecule has 1 N–H and O–H groups in total. The van der Waals surface area contributed by atoms with Crippen molar-refractivity contribution in [1.82, 2.24) is 14.5 Å². The largest absolute Gasteiger partial charge is 0.373 e. The Bertz CT molecular complexity index is 810. The fourth-order valence-electron chi connectivity index (χ4n) is 2.10. The fourth-order valence-corrected chi connectivity index (χ4v) is 2.10. The zero-order valence-corrected chi connectivity index (χ0v) is 11.1. The van der Waals surface area contributed by atoms with Gasteiger partial charge in [-0.25, -0.2) is 9.97 Å². The minimum absolute atomic E-state index is 0.0488. The molecule has 0 radical (unpaired) electrons. The molecule has 2 heterocycles.